The molecule has 0 bridgehead atoms. The van der Waals surface area contributed by atoms with E-state index in [9.17, 15) is 9.59 Å². The molecular formula is C17H19N3O2S. The number of nitrogens with zero attached hydrogens (tertiary/aromatic N) is 2. The van der Waals surface area contributed by atoms with Crippen LogP contribution < -0.4 is 5.73 Å². The summed E-state index contributed by atoms with van der Waals surface area (Å²) >= 11 is 1.45. The molecule has 3 rings (SSSR count). The van der Waals surface area contributed by atoms with Crippen LogP contribution >= 0.6 is 11.3 Å². The van der Waals surface area contributed by atoms with Crippen LogP contribution in [0.15, 0.2) is 47.8 Å². The van der Waals surface area contributed by atoms with Gasteiger partial charge in [0.15, 0.2) is 0 Å². The number of benzene rings is 1. The van der Waals surface area contributed by atoms with Crippen LogP contribution in [-0.2, 0) is 4.79 Å². The molecule has 0 saturated carbocycles. The highest BCUT2D eigenvalue weighted by Gasteiger charge is 2.30. The molecule has 1 aliphatic heterocycles. The fourth-order valence-corrected chi connectivity index (χ4v) is 3.62. The zero-order valence-corrected chi connectivity index (χ0v) is 13.5. The van der Waals surface area contributed by atoms with Crippen molar-refractivity contribution in [3.8, 4) is 0 Å². The Hall–Kier alpha value is -2.18. The van der Waals surface area contributed by atoms with Crippen molar-refractivity contribution >= 4 is 23.2 Å². The highest BCUT2D eigenvalue weighted by molar-refractivity contribution is 7.12. The molecule has 1 fully saturated rings. The summed E-state index contributed by atoms with van der Waals surface area (Å²) in [6.45, 7) is 2.49. The van der Waals surface area contributed by atoms with E-state index in [1.54, 1.807) is 0 Å². The minimum atomic E-state index is -0.435. The van der Waals surface area contributed by atoms with Gasteiger partial charge in [-0.05, 0) is 17.0 Å². The molecule has 120 valence electrons. The molecular weight excluding hydrogens is 310 g/mol. The first kappa shape index (κ1) is 15.7. The molecule has 2 N–H and O–H groups in total. The Bertz CT molecular complexity index is 664. The van der Waals surface area contributed by atoms with E-state index >= 15 is 0 Å². The maximum absolute atomic E-state index is 12.4. The number of primary amides is 1. The SMILES string of the molecule is NC(=O)[C@H](c1ccccc1)N1CCN(C(=O)c2cccs2)CC1. The van der Waals surface area contributed by atoms with Crippen LogP contribution in [0.25, 0.3) is 0 Å². The molecule has 0 radical (unpaired) electrons. The molecule has 1 atom stereocenters. The van der Waals surface area contributed by atoms with Gasteiger partial charge in [-0.2, -0.15) is 0 Å². The van der Waals surface area contributed by atoms with E-state index in [1.165, 1.54) is 11.3 Å². The van der Waals surface area contributed by atoms with E-state index in [2.05, 4.69) is 4.90 Å². The molecule has 0 aliphatic carbocycles. The van der Waals surface area contributed by atoms with Crippen molar-refractivity contribution in [2.24, 2.45) is 5.73 Å². The number of nitrogens with two attached hydrogens (primary N) is 1. The van der Waals surface area contributed by atoms with Gasteiger partial charge in [0.05, 0.1) is 4.88 Å². The summed E-state index contributed by atoms with van der Waals surface area (Å²) in [4.78, 5) is 28.9. The van der Waals surface area contributed by atoms with Crippen molar-refractivity contribution in [2.45, 2.75) is 6.04 Å². The second-order valence-corrected chi connectivity index (χ2v) is 6.47. The number of rotatable bonds is 4. The van der Waals surface area contributed by atoms with E-state index < -0.39 is 6.04 Å². The third-order valence-corrected chi connectivity index (χ3v) is 4.94. The Morgan fingerprint density at radius 2 is 1.70 bits per heavy atom. The number of carbonyl (C=O) groups is 2. The summed E-state index contributed by atoms with van der Waals surface area (Å²) in [5, 5.41) is 1.90. The van der Waals surface area contributed by atoms with Crippen molar-refractivity contribution in [1.82, 2.24) is 9.80 Å². The van der Waals surface area contributed by atoms with Crippen LogP contribution in [0, 0.1) is 0 Å². The van der Waals surface area contributed by atoms with Gasteiger partial charge >= 0.3 is 0 Å². The molecule has 1 aromatic heterocycles. The number of hydrogen-bond donors (Lipinski definition) is 1. The number of amides is 2. The monoisotopic (exact) mass is 329 g/mol. The van der Waals surface area contributed by atoms with Gasteiger partial charge in [-0.15, -0.1) is 11.3 Å². The first-order valence-electron chi connectivity index (χ1n) is 7.58. The van der Waals surface area contributed by atoms with E-state index in [1.807, 2.05) is 52.7 Å². The minimum absolute atomic E-state index is 0.0648. The van der Waals surface area contributed by atoms with Crippen molar-refractivity contribution in [3.05, 3.63) is 58.3 Å². The number of thiophene rings is 1. The van der Waals surface area contributed by atoms with E-state index in [-0.39, 0.29) is 11.8 Å². The fraction of sp³-hybridized carbons (Fsp3) is 0.294. The van der Waals surface area contributed by atoms with Crippen LogP contribution in [-0.4, -0.2) is 47.8 Å². The Morgan fingerprint density at radius 3 is 2.26 bits per heavy atom. The predicted octanol–water partition coefficient (Wildman–Crippen LogP) is 1.73. The lowest BCUT2D eigenvalue weighted by molar-refractivity contribution is -0.124. The van der Waals surface area contributed by atoms with Crippen molar-refractivity contribution in [2.75, 3.05) is 26.2 Å². The Morgan fingerprint density at radius 1 is 1.00 bits per heavy atom. The zero-order chi connectivity index (χ0) is 16.2. The summed E-state index contributed by atoms with van der Waals surface area (Å²) in [5.41, 5.74) is 6.51. The number of piperazine rings is 1. The summed E-state index contributed by atoms with van der Waals surface area (Å²) in [6.07, 6.45) is 0. The standard InChI is InChI=1S/C17H19N3O2S/c18-16(21)15(13-5-2-1-3-6-13)19-8-10-20(11-9-19)17(22)14-7-4-12-23-14/h1-7,12,15H,8-11H2,(H2,18,21)/t15-/m0/s1. The molecule has 0 unspecified atom stereocenters. The lowest BCUT2D eigenvalue weighted by Crippen LogP contribution is -2.51. The maximum Gasteiger partial charge on any atom is 0.264 e. The fourth-order valence-electron chi connectivity index (χ4n) is 2.93. The average Bonchev–Trinajstić information content (AvgIpc) is 3.10. The van der Waals surface area contributed by atoms with Gasteiger partial charge in [-0.25, -0.2) is 0 Å². The number of carbonyl (C=O) groups excluding carboxylic acids is 2. The lowest BCUT2D eigenvalue weighted by Gasteiger charge is -2.38. The topological polar surface area (TPSA) is 66.6 Å². The quantitative estimate of drug-likeness (QED) is 0.929. The third kappa shape index (κ3) is 3.43. The molecule has 2 amide bonds. The third-order valence-electron chi connectivity index (χ3n) is 4.08. The van der Waals surface area contributed by atoms with E-state index in [0.29, 0.717) is 26.2 Å². The van der Waals surface area contributed by atoms with Gasteiger partial charge in [-0.1, -0.05) is 36.4 Å². The Balaban J connectivity index is 1.67. The zero-order valence-electron chi connectivity index (χ0n) is 12.7. The van der Waals surface area contributed by atoms with Crippen LogP contribution in [0.1, 0.15) is 21.3 Å². The van der Waals surface area contributed by atoms with Gasteiger partial charge in [0.1, 0.15) is 6.04 Å². The minimum Gasteiger partial charge on any atom is -0.368 e. The van der Waals surface area contributed by atoms with Crippen LogP contribution in [0.4, 0.5) is 0 Å². The maximum atomic E-state index is 12.4. The molecule has 1 aromatic carbocycles. The summed E-state index contributed by atoms with van der Waals surface area (Å²) in [7, 11) is 0. The molecule has 2 aromatic rings. The van der Waals surface area contributed by atoms with Gasteiger partial charge in [0.2, 0.25) is 5.91 Å². The summed E-state index contributed by atoms with van der Waals surface area (Å²) < 4.78 is 0. The van der Waals surface area contributed by atoms with Crippen molar-refractivity contribution in [1.29, 1.82) is 0 Å². The van der Waals surface area contributed by atoms with E-state index in [0.717, 1.165) is 10.4 Å². The Kier molecular flexibility index (Phi) is 4.73. The highest BCUT2D eigenvalue weighted by atomic mass is 32.1. The van der Waals surface area contributed by atoms with Gasteiger partial charge in [0.25, 0.3) is 5.91 Å². The molecule has 1 aliphatic rings. The molecule has 6 heteroatoms. The predicted molar refractivity (Wildman–Crippen MR) is 90.2 cm³/mol. The van der Waals surface area contributed by atoms with Gasteiger partial charge in [0, 0.05) is 26.2 Å². The van der Waals surface area contributed by atoms with Crippen LogP contribution in [0.2, 0.25) is 0 Å². The first-order chi connectivity index (χ1) is 11.2. The molecule has 0 spiro atoms. The largest absolute Gasteiger partial charge is 0.368 e. The normalized spacial score (nSPS) is 17.0. The lowest BCUT2D eigenvalue weighted by atomic mass is 10.0. The van der Waals surface area contributed by atoms with E-state index in [4.69, 9.17) is 5.73 Å². The average molecular weight is 329 g/mol. The summed E-state index contributed by atoms with van der Waals surface area (Å²) in [6, 6.07) is 12.8. The van der Waals surface area contributed by atoms with Gasteiger partial charge in [-0.3, -0.25) is 14.5 Å². The van der Waals surface area contributed by atoms with Crippen molar-refractivity contribution in [3.63, 3.8) is 0 Å². The first-order valence-corrected chi connectivity index (χ1v) is 8.46. The van der Waals surface area contributed by atoms with Gasteiger partial charge < -0.3 is 10.6 Å². The molecule has 5 nitrogen and oxygen atoms in total. The van der Waals surface area contributed by atoms with Crippen LogP contribution in [0.5, 0.6) is 0 Å². The number of hydrogen-bond acceptors (Lipinski definition) is 4. The van der Waals surface area contributed by atoms with Crippen molar-refractivity contribution < 1.29 is 9.59 Å². The highest BCUT2D eigenvalue weighted by Crippen LogP contribution is 2.23. The second-order valence-electron chi connectivity index (χ2n) is 5.52. The second kappa shape index (κ2) is 6.93. The Labute approximate surface area is 139 Å². The molecule has 2 heterocycles. The molecule has 23 heavy (non-hydrogen) atoms. The molecule has 1 saturated heterocycles. The van der Waals surface area contributed by atoms with Crippen LogP contribution in [0.3, 0.4) is 0 Å². The summed E-state index contributed by atoms with van der Waals surface area (Å²) in [5.74, 6) is -0.288. The smallest absolute Gasteiger partial charge is 0.264 e.